The molecule has 0 aromatic heterocycles. The molecule has 0 unspecified atom stereocenters. The molecule has 2 rings (SSSR count). The third kappa shape index (κ3) is 4.30. The molecule has 0 heterocycles. The van der Waals surface area contributed by atoms with E-state index in [9.17, 15) is 0 Å². The fourth-order valence-electron chi connectivity index (χ4n) is 1.63. The molecule has 0 saturated heterocycles. The Labute approximate surface area is 126 Å². The normalized spacial score (nSPS) is 9.89. The van der Waals surface area contributed by atoms with Gasteiger partial charge in [-0.15, -0.1) is 11.8 Å². The van der Waals surface area contributed by atoms with Gasteiger partial charge in [-0.2, -0.15) is 5.26 Å². The Balaban J connectivity index is 1.86. The van der Waals surface area contributed by atoms with E-state index < -0.39 is 0 Å². The van der Waals surface area contributed by atoms with E-state index >= 15 is 0 Å². The van der Waals surface area contributed by atoms with E-state index in [1.54, 1.807) is 11.8 Å². The molecule has 0 aliphatic rings. The van der Waals surface area contributed by atoms with Crippen LogP contribution in [0.4, 0.5) is 5.69 Å². The van der Waals surface area contributed by atoms with E-state index in [-0.39, 0.29) is 0 Å². The van der Waals surface area contributed by atoms with Crippen LogP contribution in [0.25, 0.3) is 0 Å². The molecule has 1 N–H and O–H groups in total. The average molecular weight is 333 g/mol. The Morgan fingerprint density at radius 3 is 2.68 bits per heavy atom. The maximum atomic E-state index is 9.03. The number of halogens is 1. The van der Waals surface area contributed by atoms with Crippen LogP contribution in [0.15, 0.2) is 57.9 Å². The van der Waals surface area contributed by atoms with E-state index in [2.05, 4.69) is 39.4 Å². The van der Waals surface area contributed by atoms with Crippen molar-refractivity contribution in [3.63, 3.8) is 0 Å². The fourth-order valence-corrected chi connectivity index (χ4v) is 2.78. The van der Waals surface area contributed by atoms with Gasteiger partial charge in [-0.3, -0.25) is 0 Å². The van der Waals surface area contributed by atoms with Gasteiger partial charge in [-0.05, 0) is 30.3 Å². The molecule has 0 radical (unpaired) electrons. The molecule has 2 aromatic carbocycles. The van der Waals surface area contributed by atoms with Crippen LogP contribution in [0.3, 0.4) is 0 Å². The average Bonchev–Trinajstić information content (AvgIpc) is 2.45. The number of nitrogens with zero attached hydrogens (tertiary/aromatic N) is 1. The van der Waals surface area contributed by atoms with Gasteiger partial charge < -0.3 is 5.32 Å². The van der Waals surface area contributed by atoms with E-state index in [0.29, 0.717) is 5.56 Å². The molecule has 19 heavy (non-hydrogen) atoms. The molecule has 0 aliphatic carbocycles. The highest BCUT2D eigenvalue weighted by Gasteiger charge is 2.02. The largest absolute Gasteiger partial charge is 0.383 e. The Hall–Kier alpha value is -1.44. The van der Waals surface area contributed by atoms with Crippen molar-refractivity contribution in [1.82, 2.24) is 0 Å². The molecule has 96 valence electrons. The number of anilines is 1. The third-order valence-corrected chi connectivity index (χ3v) is 4.04. The van der Waals surface area contributed by atoms with Crippen LogP contribution >= 0.6 is 27.7 Å². The summed E-state index contributed by atoms with van der Waals surface area (Å²) in [6.07, 6.45) is 0. The summed E-state index contributed by atoms with van der Waals surface area (Å²) in [5.41, 5.74) is 1.55. The maximum absolute atomic E-state index is 9.03. The number of hydrogen-bond donors (Lipinski definition) is 1. The van der Waals surface area contributed by atoms with Gasteiger partial charge >= 0.3 is 0 Å². The van der Waals surface area contributed by atoms with Crippen LogP contribution < -0.4 is 5.32 Å². The first kappa shape index (κ1) is 14.0. The lowest BCUT2D eigenvalue weighted by atomic mass is 10.2. The minimum absolute atomic E-state index is 0.674. The lowest BCUT2D eigenvalue weighted by Crippen LogP contribution is -2.05. The van der Waals surface area contributed by atoms with Gasteiger partial charge in [-0.25, -0.2) is 0 Å². The molecule has 0 aliphatic heterocycles. The van der Waals surface area contributed by atoms with Crippen molar-refractivity contribution in [2.24, 2.45) is 0 Å². The van der Waals surface area contributed by atoms with E-state index in [4.69, 9.17) is 5.26 Å². The van der Waals surface area contributed by atoms with Gasteiger partial charge in [0.2, 0.25) is 0 Å². The zero-order valence-electron chi connectivity index (χ0n) is 10.3. The van der Waals surface area contributed by atoms with Crippen LogP contribution in [-0.4, -0.2) is 12.3 Å². The maximum Gasteiger partial charge on any atom is 0.101 e. The minimum Gasteiger partial charge on any atom is -0.383 e. The smallest absolute Gasteiger partial charge is 0.101 e. The van der Waals surface area contributed by atoms with Crippen LogP contribution in [0.2, 0.25) is 0 Å². The van der Waals surface area contributed by atoms with E-state index in [0.717, 1.165) is 22.5 Å². The molecule has 0 atom stereocenters. The topological polar surface area (TPSA) is 35.8 Å². The molecule has 4 heteroatoms. The number of thioether (sulfide) groups is 1. The summed E-state index contributed by atoms with van der Waals surface area (Å²) >= 11 is 5.22. The van der Waals surface area contributed by atoms with Crippen molar-refractivity contribution in [3.8, 4) is 6.07 Å². The van der Waals surface area contributed by atoms with Crippen molar-refractivity contribution in [3.05, 3.63) is 58.6 Å². The lowest BCUT2D eigenvalue weighted by Gasteiger charge is -2.08. The Morgan fingerprint density at radius 2 is 1.95 bits per heavy atom. The predicted octanol–water partition coefficient (Wildman–Crippen LogP) is 4.52. The zero-order chi connectivity index (χ0) is 13.5. The Morgan fingerprint density at radius 1 is 1.16 bits per heavy atom. The standard InChI is InChI=1S/C15H13BrN2S/c16-13-7-6-12(11-17)15(10-13)18-8-9-19-14-4-2-1-3-5-14/h1-7,10,18H,8-9H2. The summed E-state index contributed by atoms with van der Waals surface area (Å²) in [6.45, 7) is 0.824. The van der Waals surface area contributed by atoms with Gasteiger partial charge in [0.05, 0.1) is 11.3 Å². The first-order chi connectivity index (χ1) is 9.29. The highest BCUT2D eigenvalue weighted by Crippen LogP contribution is 2.21. The summed E-state index contributed by atoms with van der Waals surface area (Å²) < 4.78 is 0.977. The van der Waals surface area contributed by atoms with E-state index in [1.807, 2.05) is 36.4 Å². The van der Waals surface area contributed by atoms with Gasteiger partial charge in [0.15, 0.2) is 0 Å². The quantitative estimate of drug-likeness (QED) is 0.645. The molecule has 0 spiro atoms. The molecular weight excluding hydrogens is 320 g/mol. The highest BCUT2D eigenvalue weighted by molar-refractivity contribution is 9.10. The number of benzene rings is 2. The molecular formula is C15H13BrN2S. The van der Waals surface area contributed by atoms with Crippen LogP contribution in [0.5, 0.6) is 0 Å². The fraction of sp³-hybridized carbons (Fsp3) is 0.133. The molecule has 2 nitrogen and oxygen atoms in total. The van der Waals surface area contributed by atoms with Crippen molar-refractivity contribution >= 4 is 33.4 Å². The van der Waals surface area contributed by atoms with Crippen molar-refractivity contribution in [2.45, 2.75) is 4.90 Å². The predicted molar refractivity (Wildman–Crippen MR) is 84.5 cm³/mol. The van der Waals surface area contributed by atoms with Gasteiger partial charge in [0.25, 0.3) is 0 Å². The van der Waals surface area contributed by atoms with Crippen LogP contribution in [0.1, 0.15) is 5.56 Å². The highest BCUT2D eigenvalue weighted by atomic mass is 79.9. The second kappa shape index (κ2) is 7.22. The van der Waals surface area contributed by atoms with Crippen molar-refractivity contribution < 1.29 is 0 Å². The molecule has 0 amide bonds. The van der Waals surface area contributed by atoms with Crippen LogP contribution in [-0.2, 0) is 0 Å². The zero-order valence-corrected chi connectivity index (χ0v) is 12.7. The molecule has 0 saturated carbocycles. The van der Waals surface area contributed by atoms with Crippen LogP contribution in [0, 0.1) is 11.3 Å². The number of hydrogen-bond acceptors (Lipinski definition) is 3. The Kier molecular flexibility index (Phi) is 5.31. The minimum atomic E-state index is 0.674. The second-order valence-corrected chi connectivity index (χ2v) is 5.97. The first-order valence-corrected chi connectivity index (χ1v) is 7.69. The summed E-state index contributed by atoms with van der Waals surface area (Å²) in [5.74, 6) is 0.960. The SMILES string of the molecule is N#Cc1ccc(Br)cc1NCCSc1ccccc1. The van der Waals surface area contributed by atoms with Gasteiger partial charge in [0, 0.05) is 21.7 Å². The number of nitriles is 1. The van der Waals surface area contributed by atoms with Gasteiger partial charge in [-0.1, -0.05) is 34.1 Å². The number of nitrogens with one attached hydrogen (secondary N) is 1. The lowest BCUT2D eigenvalue weighted by molar-refractivity contribution is 1.22. The molecule has 0 fully saturated rings. The molecule has 0 bridgehead atoms. The first-order valence-electron chi connectivity index (χ1n) is 5.91. The second-order valence-electron chi connectivity index (χ2n) is 3.89. The summed E-state index contributed by atoms with van der Waals surface area (Å²) in [6, 6.07) is 18.1. The third-order valence-electron chi connectivity index (χ3n) is 2.53. The van der Waals surface area contributed by atoms with Gasteiger partial charge in [0.1, 0.15) is 6.07 Å². The molecule has 2 aromatic rings. The number of rotatable bonds is 5. The summed E-state index contributed by atoms with van der Waals surface area (Å²) in [4.78, 5) is 1.26. The summed E-state index contributed by atoms with van der Waals surface area (Å²) in [7, 11) is 0. The Bertz CT molecular complexity index is 578. The monoisotopic (exact) mass is 332 g/mol. The summed E-state index contributed by atoms with van der Waals surface area (Å²) in [5, 5.41) is 12.3. The van der Waals surface area contributed by atoms with E-state index in [1.165, 1.54) is 4.90 Å². The van der Waals surface area contributed by atoms with Crippen molar-refractivity contribution in [2.75, 3.05) is 17.6 Å². The van der Waals surface area contributed by atoms with Crippen molar-refractivity contribution in [1.29, 1.82) is 5.26 Å².